The van der Waals surface area contributed by atoms with Crippen LogP contribution in [0.1, 0.15) is 158 Å². The monoisotopic (exact) mass is 2050 g/mol. The van der Waals surface area contributed by atoms with Crippen molar-refractivity contribution in [1.82, 2.24) is 42.0 Å². The molecule has 18 rings (SSSR count). The van der Waals surface area contributed by atoms with Crippen molar-refractivity contribution in [3.05, 3.63) is 299 Å². The SMILES string of the molecule is CSc1ccc(Cc2c(C(=O)COCCO)ccc3cnsc23)c(F)c1.CSc1ccc(Cc2c(C(=O)COCCO)ncc3cnsc23)c(F)c1.O=C(COCCO)c1ccc2cnsc2c1Cc1ccc(C2CC2)cc1F.O=C(COCCO)c1ncc2cnsc2c1Cc1ccc(C2CC2)cc1F.OCCCc1nnc(-c2ccc3cnsc3c2Cc2ccc(I)cc2F)o1. The highest BCUT2D eigenvalue weighted by Gasteiger charge is 2.29. The fourth-order valence-electron chi connectivity index (χ4n) is 14.7. The largest absolute Gasteiger partial charge is 0.421 e. The number of aliphatic hydroxyl groups is 5. The zero-order chi connectivity index (χ0) is 93.4. The van der Waals surface area contributed by atoms with Crippen LogP contribution < -0.4 is 0 Å². The quantitative estimate of drug-likeness (QED) is 0.00789. The number of pyridine rings is 2. The summed E-state index contributed by atoms with van der Waals surface area (Å²) in [6.07, 6.45) is 22.8. The normalized spacial score (nSPS) is 12.4. The van der Waals surface area contributed by atoms with Gasteiger partial charge in [-0.2, -0.15) is 21.9 Å². The Balaban J connectivity index is 0.000000134. The molecule has 0 unspecified atom stereocenters. The van der Waals surface area contributed by atoms with Gasteiger partial charge in [-0.25, -0.2) is 22.0 Å². The summed E-state index contributed by atoms with van der Waals surface area (Å²) in [6.45, 7) is -0.713. The van der Waals surface area contributed by atoms with Crippen LogP contribution in [0.3, 0.4) is 0 Å². The minimum Gasteiger partial charge on any atom is -0.421 e. The molecule has 23 nitrogen and oxygen atoms in total. The molecule has 0 radical (unpaired) electrons. The van der Waals surface area contributed by atoms with E-state index in [2.05, 4.69) is 64.6 Å². The van der Waals surface area contributed by atoms with Gasteiger partial charge in [-0.1, -0.05) is 72.8 Å². The first-order valence-electron chi connectivity index (χ1n) is 42.3. The summed E-state index contributed by atoms with van der Waals surface area (Å²) in [7, 11) is 0. The lowest BCUT2D eigenvalue weighted by molar-refractivity contribution is 0.0654. The summed E-state index contributed by atoms with van der Waals surface area (Å²) in [4.78, 5) is 60.5. The number of nitrogens with zero attached hydrogens (tertiary/aromatic N) is 9. The Kier molecular flexibility index (Phi) is 36.1. The molecule has 0 aliphatic heterocycles. The maximum absolute atomic E-state index is 14.7. The lowest BCUT2D eigenvalue weighted by Gasteiger charge is -2.12. The van der Waals surface area contributed by atoms with Crippen molar-refractivity contribution >= 4 is 177 Å². The average Bonchev–Trinajstić information content (AvgIpc) is 1.70. The molecule has 5 N–H and O–H groups in total. The van der Waals surface area contributed by atoms with E-state index in [1.54, 1.807) is 91.9 Å². The molecule has 690 valence electrons. The molecule has 133 heavy (non-hydrogen) atoms. The van der Waals surface area contributed by atoms with E-state index < -0.39 is 0 Å². The van der Waals surface area contributed by atoms with Crippen LogP contribution in [-0.4, -0.2) is 189 Å². The van der Waals surface area contributed by atoms with E-state index in [4.69, 9.17) is 48.9 Å². The summed E-state index contributed by atoms with van der Waals surface area (Å²) in [5.74, 6) is -0.395. The summed E-state index contributed by atoms with van der Waals surface area (Å²) in [5, 5.41) is 56.9. The number of ether oxygens (including phenoxy) is 4. The molecular weight excluding hydrogens is 1960 g/mol. The van der Waals surface area contributed by atoms with Crippen molar-refractivity contribution < 1.29 is 90.0 Å². The molecule has 0 saturated heterocycles. The minimum atomic E-state index is -0.312. The number of aromatic nitrogens is 9. The van der Waals surface area contributed by atoms with Crippen LogP contribution in [-0.2, 0) is 57.5 Å². The smallest absolute Gasteiger partial charge is 0.248 e. The van der Waals surface area contributed by atoms with Gasteiger partial charge in [-0.3, -0.25) is 29.1 Å². The summed E-state index contributed by atoms with van der Waals surface area (Å²) < 4.78 is 125. The minimum absolute atomic E-state index is 0.0713. The molecule has 0 amide bonds. The van der Waals surface area contributed by atoms with Gasteiger partial charge in [0.15, 0.2) is 11.6 Å². The highest BCUT2D eigenvalue weighted by atomic mass is 127. The Bertz CT molecular complexity index is 6460. The predicted molar refractivity (Wildman–Crippen MR) is 518 cm³/mol. The number of thioether (sulfide) groups is 2. The van der Waals surface area contributed by atoms with E-state index in [0.717, 1.165) is 123 Å². The fourth-order valence-corrected chi connectivity index (χ4v) is 19.9. The van der Waals surface area contributed by atoms with Crippen LogP contribution in [0.15, 0.2) is 185 Å². The summed E-state index contributed by atoms with van der Waals surface area (Å²) >= 11 is 11.6. The van der Waals surface area contributed by atoms with E-state index in [1.165, 1.54) is 99.4 Å². The molecule has 2 fully saturated rings. The van der Waals surface area contributed by atoms with Crippen LogP contribution in [0.25, 0.3) is 61.9 Å². The van der Waals surface area contributed by atoms with Crippen molar-refractivity contribution in [3.8, 4) is 11.5 Å². The molecule has 2 aliphatic carbocycles. The second-order valence-electron chi connectivity index (χ2n) is 30.8. The first kappa shape index (κ1) is 99.0. The van der Waals surface area contributed by atoms with Gasteiger partial charge < -0.3 is 48.9 Å². The first-order chi connectivity index (χ1) is 64.8. The van der Waals surface area contributed by atoms with Crippen molar-refractivity contribution in [2.45, 2.75) is 92.3 Å². The molecule has 0 atom stereocenters. The number of aryl methyl sites for hydroxylation is 1. The summed E-state index contributed by atoms with van der Waals surface area (Å²) in [5.41, 5.74) is 11.0. The number of fused-ring (bicyclic) bond motifs is 5. The lowest BCUT2D eigenvalue weighted by Crippen LogP contribution is -2.15. The van der Waals surface area contributed by atoms with E-state index in [9.17, 15) is 41.1 Å². The molecule has 16 aromatic rings. The Morgan fingerprint density at radius 3 is 1.14 bits per heavy atom. The van der Waals surface area contributed by atoms with E-state index in [-0.39, 0.29) is 162 Å². The Morgan fingerprint density at radius 1 is 0.398 bits per heavy atom. The maximum atomic E-state index is 14.7. The van der Waals surface area contributed by atoms with Gasteiger partial charge in [0.2, 0.25) is 23.3 Å². The molecule has 8 aromatic heterocycles. The molecule has 0 bridgehead atoms. The standard InChI is InChI=1S/C21H20FNO3S.C20H19FN2O3S.C19H15FIN3O2S.C19H18FNO3S2.C18H17FN2O3S2/c22-19-10-14(13-1-2-13)3-4-15(19)9-18-17(20(25)12-26-8-7-24)6-5-16-11-23-27-21(16)18;21-17-8-13(12-1-2-12)3-4-14(17)7-16-19(18(25)11-26-6-5-24)22-9-15-10-23-27-20(15)16;20-16-9-13(21)5-3-11(16)8-15-14(6-4-12-10-22-27-18(12)15)19-24-23-17(26-19)2-1-7-25;1-25-14-4-2-12(17(20)9-14)8-16-15(18(23)11-24-7-6-22)5-3-13-10-21-26-19(13)16;1-25-13-3-2-11(15(19)7-13)6-14-17(16(23)10-24-5-4-22)20-8-12-9-21-26-18(12)14/h3-6,10-11,13,24H,1-2,7-9,12H2;3-4,8-10,12,24H,1-2,5-7,11H2;3-6,9-10,25H,1-2,7-8H2;2-5,9-10,22H,6-8,11H2,1H3;2-3,7-9,22H,4-6,10H2,1H3. The van der Waals surface area contributed by atoms with Gasteiger partial charge in [0.25, 0.3) is 0 Å². The number of hydrogen-bond donors (Lipinski definition) is 5. The maximum Gasteiger partial charge on any atom is 0.248 e. The summed E-state index contributed by atoms with van der Waals surface area (Å²) in [6, 6.07) is 37.4. The van der Waals surface area contributed by atoms with Crippen LogP contribution in [0.2, 0.25) is 0 Å². The van der Waals surface area contributed by atoms with E-state index >= 15 is 0 Å². The van der Waals surface area contributed by atoms with Crippen LogP contribution in [0.5, 0.6) is 0 Å². The Labute approximate surface area is 803 Å². The number of carbonyl (C=O) groups excluding carboxylic acids is 4. The molecule has 2 saturated carbocycles. The highest BCUT2D eigenvalue weighted by Crippen LogP contribution is 2.43. The van der Waals surface area contributed by atoms with Crippen LogP contribution >= 0.6 is 104 Å². The highest BCUT2D eigenvalue weighted by molar-refractivity contribution is 14.1. The van der Waals surface area contributed by atoms with Gasteiger partial charge in [-0.05, 0) is 247 Å². The van der Waals surface area contributed by atoms with Crippen molar-refractivity contribution in [3.63, 3.8) is 0 Å². The van der Waals surface area contributed by atoms with Gasteiger partial charge in [-0.15, -0.1) is 33.7 Å². The van der Waals surface area contributed by atoms with Crippen molar-refractivity contribution in [1.29, 1.82) is 0 Å². The third-order valence-corrected chi connectivity index (χ3v) is 28.2. The van der Waals surface area contributed by atoms with Gasteiger partial charge in [0.1, 0.15) is 66.9 Å². The van der Waals surface area contributed by atoms with Gasteiger partial charge in [0, 0.05) is 144 Å². The van der Waals surface area contributed by atoms with Crippen LogP contribution in [0.4, 0.5) is 22.0 Å². The first-order valence-corrected chi connectivity index (χ1v) is 49.7. The predicted octanol–water partition coefficient (Wildman–Crippen LogP) is 19.5. The fraction of sp³-hybridized carbons (Fsp3) is 0.289. The van der Waals surface area contributed by atoms with Gasteiger partial charge >= 0.3 is 0 Å². The number of benzene rings is 8. The lowest BCUT2D eigenvalue weighted by atomic mass is 9.95. The zero-order valence-electron chi connectivity index (χ0n) is 71.9. The number of rotatable bonds is 38. The second-order valence-corrected chi connectivity index (χ2v) is 37.8. The molecule has 8 aromatic carbocycles. The third-order valence-electron chi connectivity index (χ3n) is 21.7. The third kappa shape index (κ3) is 25.8. The van der Waals surface area contributed by atoms with E-state index in [0.29, 0.717) is 106 Å². The van der Waals surface area contributed by atoms with Crippen molar-refractivity contribution in [2.75, 3.05) is 98.4 Å². The topological polar surface area (TPSA) is 335 Å². The average molecular weight is 2050 g/mol. The molecule has 0 spiro atoms. The Hall–Kier alpha value is -9.95. The molecular formula is C97H89F5IN9O14S7. The number of halogens is 6. The van der Waals surface area contributed by atoms with E-state index in [1.807, 2.05) is 73.2 Å². The molecule has 36 heteroatoms. The number of Topliss-reactive ketones (excluding diaryl/α,β-unsaturated/α-hetero) is 4. The second kappa shape index (κ2) is 48.5. The Morgan fingerprint density at radius 2 is 0.752 bits per heavy atom. The molecule has 8 heterocycles. The molecule has 2 aliphatic rings. The number of ketones is 4. The zero-order valence-corrected chi connectivity index (χ0v) is 79.7. The van der Waals surface area contributed by atoms with Gasteiger partial charge in [0.05, 0.1) is 88.7 Å². The van der Waals surface area contributed by atoms with Crippen molar-refractivity contribution in [2.24, 2.45) is 0 Å². The van der Waals surface area contributed by atoms with Crippen LogP contribution in [0, 0.1) is 32.7 Å². The number of hydrogen-bond acceptors (Lipinski definition) is 30. The number of aliphatic hydroxyl groups excluding tert-OH is 5. The number of carbonyl (C=O) groups is 4.